The molecule has 0 amide bonds. The molecule has 2 nitrogen and oxygen atoms in total. The molecule has 1 N–H and O–H groups in total. The molecular formula is C17H18O2. The number of hydrogen-bond acceptors (Lipinski definition) is 2. The number of rotatable bonds is 3. The highest BCUT2D eigenvalue weighted by Crippen LogP contribution is 2.30. The van der Waals surface area contributed by atoms with E-state index in [9.17, 15) is 5.11 Å². The van der Waals surface area contributed by atoms with Gasteiger partial charge in [0.25, 0.3) is 0 Å². The van der Waals surface area contributed by atoms with Crippen LogP contribution in [-0.4, -0.2) is 11.7 Å². The molecule has 1 atom stereocenters. The lowest BCUT2D eigenvalue weighted by Gasteiger charge is -2.23. The van der Waals surface area contributed by atoms with Gasteiger partial charge in [0.1, 0.15) is 11.5 Å². The molecule has 0 aromatic heterocycles. The summed E-state index contributed by atoms with van der Waals surface area (Å²) in [4.78, 5) is 0. The van der Waals surface area contributed by atoms with Crippen LogP contribution in [0.2, 0.25) is 0 Å². The molecule has 2 aromatic rings. The Bertz CT molecular complexity index is 548. The van der Waals surface area contributed by atoms with Gasteiger partial charge in [-0.05, 0) is 60.6 Å². The lowest BCUT2D eigenvalue weighted by Crippen LogP contribution is -2.17. The third kappa shape index (κ3) is 2.79. The third-order valence-corrected chi connectivity index (χ3v) is 3.75. The first-order valence-electron chi connectivity index (χ1n) is 6.81. The minimum atomic E-state index is 0.293. The van der Waals surface area contributed by atoms with Crippen molar-refractivity contribution in [2.75, 3.05) is 6.61 Å². The summed E-state index contributed by atoms with van der Waals surface area (Å²) in [5, 5.41) is 9.24. The fourth-order valence-corrected chi connectivity index (χ4v) is 2.65. The van der Waals surface area contributed by atoms with Gasteiger partial charge in [0, 0.05) is 6.61 Å². The van der Waals surface area contributed by atoms with Gasteiger partial charge in [0.15, 0.2) is 0 Å². The van der Waals surface area contributed by atoms with Crippen LogP contribution in [-0.2, 0) is 12.8 Å². The molecule has 3 rings (SSSR count). The molecule has 0 heterocycles. The van der Waals surface area contributed by atoms with Crippen LogP contribution < -0.4 is 4.74 Å². The van der Waals surface area contributed by atoms with Gasteiger partial charge < -0.3 is 9.84 Å². The Morgan fingerprint density at radius 2 is 1.84 bits per heavy atom. The summed E-state index contributed by atoms with van der Waals surface area (Å²) in [5.74, 6) is 2.19. The molecule has 19 heavy (non-hydrogen) atoms. The van der Waals surface area contributed by atoms with E-state index in [1.165, 1.54) is 11.1 Å². The third-order valence-electron chi connectivity index (χ3n) is 3.75. The predicted octanol–water partition coefficient (Wildman–Crippen LogP) is 3.58. The zero-order valence-electron chi connectivity index (χ0n) is 10.9. The molecule has 0 radical (unpaired) electrons. The smallest absolute Gasteiger partial charge is 0.127 e. The summed E-state index contributed by atoms with van der Waals surface area (Å²) in [6, 6.07) is 16.1. The first kappa shape index (κ1) is 12.2. The second kappa shape index (κ2) is 5.45. The van der Waals surface area contributed by atoms with Gasteiger partial charge in [-0.25, -0.2) is 0 Å². The van der Waals surface area contributed by atoms with Crippen molar-refractivity contribution in [2.24, 2.45) is 5.92 Å². The normalized spacial score (nSPS) is 17.8. The lowest BCUT2D eigenvalue weighted by molar-refractivity contribution is 0.213. The largest absolute Gasteiger partial charge is 0.457 e. The summed E-state index contributed by atoms with van der Waals surface area (Å²) in [6.45, 7) is 0.293. The van der Waals surface area contributed by atoms with Crippen molar-refractivity contribution in [2.45, 2.75) is 19.3 Å². The van der Waals surface area contributed by atoms with Gasteiger partial charge in [-0.2, -0.15) is 0 Å². The molecule has 1 aliphatic rings. The molecule has 0 saturated carbocycles. The van der Waals surface area contributed by atoms with Gasteiger partial charge >= 0.3 is 0 Å². The van der Waals surface area contributed by atoms with Crippen LogP contribution in [0.5, 0.6) is 11.5 Å². The lowest BCUT2D eigenvalue weighted by atomic mass is 9.84. The Morgan fingerprint density at radius 3 is 2.63 bits per heavy atom. The number of ether oxygens (including phenoxy) is 1. The first-order valence-corrected chi connectivity index (χ1v) is 6.81. The van der Waals surface area contributed by atoms with Crippen LogP contribution >= 0.6 is 0 Å². The van der Waals surface area contributed by atoms with Crippen LogP contribution in [0.1, 0.15) is 17.5 Å². The molecule has 0 aliphatic heterocycles. The predicted molar refractivity (Wildman–Crippen MR) is 75.6 cm³/mol. The van der Waals surface area contributed by atoms with Crippen molar-refractivity contribution in [3.8, 4) is 11.5 Å². The van der Waals surface area contributed by atoms with Gasteiger partial charge in [-0.15, -0.1) is 0 Å². The topological polar surface area (TPSA) is 29.5 Å². The number of aryl methyl sites for hydroxylation is 1. The highest BCUT2D eigenvalue weighted by molar-refractivity contribution is 5.39. The van der Waals surface area contributed by atoms with Crippen LogP contribution in [0, 0.1) is 5.92 Å². The van der Waals surface area contributed by atoms with Crippen molar-refractivity contribution in [3.05, 3.63) is 59.7 Å². The summed E-state index contributed by atoms with van der Waals surface area (Å²) in [5.41, 5.74) is 2.71. The number of para-hydroxylation sites is 1. The van der Waals surface area contributed by atoms with E-state index >= 15 is 0 Å². The van der Waals surface area contributed by atoms with Crippen molar-refractivity contribution < 1.29 is 9.84 Å². The first-order chi connectivity index (χ1) is 9.35. The Morgan fingerprint density at radius 1 is 1.00 bits per heavy atom. The van der Waals surface area contributed by atoms with E-state index in [1.54, 1.807) is 0 Å². The molecule has 0 bridgehead atoms. The summed E-state index contributed by atoms with van der Waals surface area (Å²) in [7, 11) is 0. The van der Waals surface area contributed by atoms with Crippen molar-refractivity contribution in [3.63, 3.8) is 0 Å². The minimum absolute atomic E-state index is 0.293. The van der Waals surface area contributed by atoms with Crippen molar-refractivity contribution in [1.82, 2.24) is 0 Å². The van der Waals surface area contributed by atoms with Crippen LogP contribution in [0.4, 0.5) is 0 Å². The second-order valence-electron chi connectivity index (χ2n) is 5.14. The molecule has 0 spiro atoms. The van der Waals surface area contributed by atoms with Crippen LogP contribution in [0.25, 0.3) is 0 Å². The van der Waals surface area contributed by atoms with E-state index in [2.05, 4.69) is 12.1 Å². The fraction of sp³-hybridized carbons (Fsp3) is 0.294. The molecule has 98 valence electrons. The second-order valence-corrected chi connectivity index (χ2v) is 5.14. The molecule has 1 aliphatic carbocycles. The average molecular weight is 254 g/mol. The Labute approximate surface area is 113 Å². The van der Waals surface area contributed by atoms with E-state index in [-0.39, 0.29) is 0 Å². The quantitative estimate of drug-likeness (QED) is 0.907. The molecule has 0 saturated heterocycles. The number of fused-ring (bicyclic) bond motifs is 1. The monoisotopic (exact) mass is 254 g/mol. The zero-order valence-corrected chi connectivity index (χ0v) is 10.9. The highest BCUT2D eigenvalue weighted by atomic mass is 16.5. The number of hydrogen-bond donors (Lipinski definition) is 1. The SMILES string of the molecule is OCC1CCc2cc(Oc3ccccc3)ccc2C1. The standard InChI is InChI=1S/C17H18O2/c18-12-13-6-7-15-11-17(9-8-14(15)10-13)19-16-4-2-1-3-5-16/h1-5,8-9,11,13,18H,6-7,10,12H2. The van der Waals surface area contributed by atoms with Crippen molar-refractivity contribution in [1.29, 1.82) is 0 Å². The average Bonchev–Trinajstić information content (AvgIpc) is 2.48. The molecule has 1 unspecified atom stereocenters. The van der Waals surface area contributed by atoms with Gasteiger partial charge in [-0.3, -0.25) is 0 Å². The number of benzene rings is 2. The molecule has 2 heteroatoms. The Balaban J connectivity index is 1.79. The van der Waals surface area contributed by atoms with E-state index in [1.807, 2.05) is 36.4 Å². The minimum Gasteiger partial charge on any atom is -0.457 e. The molecule has 0 fully saturated rings. The van der Waals surface area contributed by atoms with Gasteiger partial charge in [-0.1, -0.05) is 24.3 Å². The summed E-state index contributed by atoms with van der Waals surface area (Å²) >= 11 is 0. The van der Waals surface area contributed by atoms with Gasteiger partial charge in [0.2, 0.25) is 0 Å². The molecule has 2 aromatic carbocycles. The van der Waals surface area contributed by atoms with Crippen LogP contribution in [0.15, 0.2) is 48.5 Å². The zero-order chi connectivity index (χ0) is 13.1. The maximum Gasteiger partial charge on any atom is 0.127 e. The van der Waals surface area contributed by atoms with Gasteiger partial charge in [0.05, 0.1) is 0 Å². The Kier molecular flexibility index (Phi) is 3.51. The van der Waals surface area contributed by atoms with E-state index in [0.717, 1.165) is 30.8 Å². The number of aliphatic hydroxyl groups is 1. The Hall–Kier alpha value is -1.80. The number of aliphatic hydroxyl groups excluding tert-OH is 1. The van der Waals surface area contributed by atoms with Crippen LogP contribution in [0.3, 0.4) is 0 Å². The highest BCUT2D eigenvalue weighted by Gasteiger charge is 2.18. The van der Waals surface area contributed by atoms with E-state index in [4.69, 9.17) is 4.74 Å². The summed E-state index contributed by atoms with van der Waals surface area (Å²) in [6.07, 6.45) is 3.09. The van der Waals surface area contributed by atoms with E-state index < -0.39 is 0 Å². The maximum atomic E-state index is 9.24. The summed E-state index contributed by atoms with van der Waals surface area (Å²) < 4.78 is 5.85. The van der Waals surface area contributed by atoms with E-state index in [0.29, 0.717) is 12.5 Å². The molecular weight excluding hydrogens is 236 g/mol. The van der Waals surface area contributed by atoms with Crippen molar-refractivity contribution >= 4 is 0 Å². The maximum absolute atomic E-state index is 9.24. The fourth-order valence-electron chi connectivity index (χ4n) is 2.65.